The van der Waals surface area contributed by atoms with Crippen molar-refractivity contribution < 1.29 is 0 Å². The Kier molecular flexibility index (Phi) is 8.59. The molecule has 0 unspecified atom stereocenters. The Morgan fingerprint density at radius 2 is 0.739 bits per heavy atom. The maximum absolute atomic E-state index is 2.57. The van der Waals surface area contributed by atoms with Gasteiger partial charge in [0.15, 0.2) is 0 Å². The average Bonchev–Trinajstić information content (AvgIpc) is 4.05. The maximum atomic E-state index is 2.57. The van der Waals surface area contributed by atoms with E-state index in [1.807, 2.05) is 0 Å². The molecule has 1 aliphatic heterocycles. The van der Waals surface area contributed by atoms with Crippen LogP contribution in [0.4, 0.5) is 0 Å². The van der Waals surface area contributed by atoms with Crippen LogP contribution >= 0.6 is 0 Å². The molecule has 0 bridgehead atoms. The number of hydrogen-bond donors (Lipinski definition) is 0. The van der Waals surface area contributed by atoms with Gasteiger partial charge in [0.2, 0.25) is 0 Å². The van der Waals surface area contributed by atoms with E-state index in [-0.39, 0.29) is 0 Å². The molecule has 1 spiro atoms. The van der Waals surface area contributed by atoms with Crippen LogP contribution in [0.2, 0.25) is 0 Å². The van der Waals surface area contributed by atoms with E-state index >= 15 is 0 Å². The summed E-state index contributed by atoms with van der Waals surface area (Å²) in [6.45, 7) is 0. The van der Waals surface area contributed by atoms with Crippen molar-refractivity contribution in [3.05, 3.63) is 259 Å². The van der Waals surface area contributed by atoms with Gasteiger partial charge in [0.05, 0.1) is 0 Å². The summed E-state index contributed by atoms with van der Waals surface area (Å²) in [5, 5.41) is 7.69. The molecule has 0 saturated carbocycles. The summed E-state index contributed by atoms with van der Waals surface area (Å²) in [7, 11) is 0. The van der Waals surface area contributed by atoms with E-state index in [1.165, 1.54) is 137 Å². The zero-order valence-electron chi connectivity index (χ0n) is 38.2. The van der Waals surface area contributed by atoms with Gasteiger partial charge in [-0.15, -0.1) is 0 Å². The first-order valence-corrected chi connectivity index (χ1v) is 29.5. The van der Waals surface area contributed by atoms with Crippen LogP contribution in [-0.4, -0.2) is 31.9 Å². The quantitative estimate of drug-likeness (QED) is 0.122. The molecule has 0 fully saturated rings. The molecule has 0 nitrogen and oxygen atoms in total. The van der Waals surface area contributed by atoms with Crippen LogP contribution in [0.15, 0.2) is 237 Å². The standard InChI is InChI=1S/C67H44Ge2/c68-60-35-13-8-24-48(60)43-21-4-3-20-42(43)44-27-15-29-50-54(44)39-55-45(49-31-17-37-62-64(49)53-26-9-14-36-61(53)69-62)28-16-30-51(55)63(50)56-38-40-18-1-2-19-41(40)65-52-25-7-12-34-59(52)67(66(56)65)57-32-10-5-22-46(57)47-23-6-11-33-58(47)67/h1-39H,69H2,68H3. The van der Waals surface area contributed by atoms with Crippen LogP contribution in [0, 0.1) is 0 Å². The van der Waals surface area contributed by atoms with Gasteiger partial charge in [0, 0.05) is 0 Å². The van der Waals surface area contributed by atoms with E-state index < -0.39 is 20.8 Å². The molecule has 0 atom stereocenters. The van der Waals surface area contributed by atoms with E-state index in [0.29, 0.717) is 16.5 Å². The Hall–Kier alpha value is -7.49. The topological polar surface area (TPSA) is 0 Å². The van der Waals surface area contributed by atoms with E-state index in [0.717, 1.165) is 0 Å². The Morgan fingerprint density at radius 3 is 1.43 bits per heavy atom. The second kappa shape index (κ2) is 15.0. The van der Waals surface area contributed by atoms with Gasteiger partial charge < -0.3 is 0 Å². The van der Waals surface area contributed by atoms with Gasteiger partial charge in [-0.3, -0.25) is 0 Å². The number of fused-ring (bicyclic) bond motifs is 17. The van der Waals surface area contributed by atoms with Crippen molar-refractivity contribution in [1.82, 2.24) is 0 Å². The van der Waals surface area contributed by atoms with Crippen LogP contribution in [0.3, 0.4) is 0 Å². The number of rotatable bonds is 4. The van der Waals surface area contributed by atoms with Crippen molar-refractivity contribution >= 4 is 77.5 Å². The van der Waals surface area contributed by atoms with Crippen LogP contribution in [0.25, 0.3) is 110 Å². The number of hydrogen-bond acceptors (Lipinski definition) is 0. The molecular weight excluding hydrogens is 950 g/mol. The second-order valence-corrected chi connectivity index (χ2v) is 25.6. The molecule has 15 rings (SSSR count). The van der Waals surface area contributed by atoms with Crippen LogP contribution in [0.1, 0.15) is 22.3 Å². The minimum absolute atomic E-state index is 0.521. The van der Waals surface area contributed by atoms with Gasteiger partial charge in [-0.05, 0) is 0 Å². The predicted molar refractivity (Wildman–Crippen MR) is 300 cm³/mol. The molecule has 0 N–H and O–H groups in total. The molecule has 69 heavy (non-hydrogen) atoms. The van der Waals surface area contributed by atoms with Crippen molar-refractivity contribution in [1.29, 1.82) is 0 Å². The monoisotopic (exact) mass is 996 g/mol. The molecule has 1 heterocycles. The first-order valence-electron chi connectivity index (χ1n) is 24.4. The molecule has 2 aliphatic carbocycles. The molecule has 12 aromatic rings. The first kappa shape index (κ1) is 39.5. The van der Waals surface area contributed by atoms with E-state index in [9.17, 15) is 0 Å². The Labute approximate surface area is 416 Å². The van der Waals surface area contributed by atoms with Crippen LogP contribution < -0.4 is 13.2 Å². The molecule has 0 saturated heterocycles. The van der Waals surface area contributed by atoms with E-state index in [4.69, 9.17) is 0 Å². The van der Waals surface area contributed by atoms with Gasteiger partial charge in [0.1, 0.15) is 0 Å². The summed E-state index contributed by atoms with van der Waals surface area (Å²) < 4.78 is 4.64. The molecule has 0 amide bonds. The van der Waals surface area contributed by atoms with Crippen molar-refractivity contribution in [2.75, 3.05) is 0 Å². The Balaban J connectivity index is 1.14. The van der Waals surface area contributed by atoms with E-state index in [1.54, 1.807) is 8.79 Å². The average molecular weight is 994 g/mol. The van der Waals surface area contributed by atoms with Gasteiger partial charge in [0.25, 0.3) is 0 Å². The molecule has 3 aliphatic rings. The van der Waals surface area contributed by atoms with Crippen LogP contribution in [-0.2, 0) is 5.41 Å². The molecule has 320 valence electrons. The zero-order chi connectivity index (χ0) is 45.4. The minimum atomic E-state index is -1.15. The third-order valence-corrected chi connectivity index (χ3v) is 22.0. The summed E-state index contributed by atoms with van der Waals surface area (Å²) in [5.41, 5.74) is 23.6. The summed E-state index contributed by atoms with van der Waals surface area (Å²) in [6, 6.07) is 91.0. The number of benzene rings is 12. The Bertz CT molecular complexity index is 4150. The first-order chi connectivity index (χ1) is 34.2. The van der Waals surface area contributed by atoms with Crippen molar-refractivity contribution in [3.8, 4) is 77.9 Å². The molecule has 2 heteroatoms. The van der Waals surface area contributed by atoms with Crippen molar-refractivity contribution in [3.63, 3.8) is 0 Å². The fourth-order valence-electron chi connectivity index (χ4n) is 13.3. The van der Waals surface area contributed by atoms with Gasteiger partial charge in [-0.2, -0.15) is 0 Å². The summed E-state index contributed by atoms with van der Waals surface area (Å²) in [5.74, 6) is 0. The third kappa shape index (κ3) is 5.42. The fraction of sp³-hybridized carbons (Fsp3) is 0.0149. The SMILES string of the molecule is [GeH3][c]1ccccc1-c1ccccc1-c1cccc2c(-c3cc4ccccc4c4c3C3(c5ccccc5-c5ccccc53)c3ccccc3-4)c3cccc(-c4ccc[c]5c4-c4cccc[c]4[GeH2]5)c3cc12. The normalized spacial score (nSPS) is 13.7. The van der Waals surface area contributed by atoms with Crippen molar-refractivity contribution in [2.45, 2.75) is 5.41 Å². The summed E-state index contributed by atoms with van der Waals surface area (Å²) in [4.78, 5) is 0. The van der Waals surface area contributed by atoms with Crippen LogP contribution in [0.5, 0.6) is 0 Å². The summed E-state index contributed by atoms with van der Waals surface area (Å²) in [6.07, 6.45) is 0. The second-order valence-electron chi connectivity index (χ2n) is 19.4. The fourth-order valence-corrected chi connectivity index (χ4v) is 18.8. The van der Waals surface area contributed by atoms with Gasteiger partial charge in [-0.1, -0.05) is 54.6 Å². The molecule has 0 radical (unpaired) electrons. The van der Waals surface area contributed by atoms with E-state index in [2.05, 4.69) is 237 Å². The molecular formula is C67H44Ge2. The molecule has 0 aromatic heterocycles. The van der Waals surface area contributed by atoms with Crippen molar-refractivity contribution in [2.24, 2.45) is 0 Å². The summed E-state index contributed by atoms with van der Waals surface area (Å²) >= 11 is -0.628. The van der Waals surface area contributed by atoms with Gasteiger partial charge >= 0.3 is 365 Å². The molecule has 12 aromatic carbocycles. The Morgan fingerprint density at radius 1 is 0.275 bits per heavy atom. The predicted octanol–water partition coefficient (Wildman–Crippen LogP) is 13.2. The third-order valence-electron chi connectivity index (χ3n) is 16.0. The zero-order valence-corrected chi connectivity index (χ0v) is 45.4. The van der Waals surface area contributed by atoms with Gasteiger partial charge in [-0.25, -0.2) is 0 Å².